The molecule has 11 nitrogen and oxygen atoms in total. The monoisotopic (exact) mass is 462 g/mol. The Bertz CT molecular complexity index is 1270. The molecule has 4 heterocycles. The first-order chi connectivity index (χ1) is 16.6. The van der Waals surface area contributed by atoms with Crippen LogP contribution in [0.2, 0.25) is 5.02 Å². The second-order valence-electron chi connectivity index (χ2n) is 7.80. The summed E-state index contributed by atoms with van der Waals surface area (Å²) in [6.07, 6.45) is 1.35. The summed E-state index contributed by atoms with van der Waals surface area (Å²) >= 11 is 6.10. The number of imidazole rings is 1. The summed E-state index contributed by atoms with van der Waals surface area (Å²) in [7, 11) is 0. The summed E-state index contributed by atoms with van der Waals surface area (Å²) in [5, 5.41) is 26.6. The molecular weight excluding hydrogens is 438 g/mol. The number of likely N-dealkylation sites (N-methyl/N-ethyl adjacent to an activating group) is 1. The van der Waals surface area contributed by atoms with E-state index in [-0.39, 0.29) is 11.7 Å². The SMILES string of the molecule is [2H]C([2H])([2H])NC(=O)[C@H]1O[C@@H](n2cnc3c(NC4CCC4)nc(-c4cncc(Cl)c4)nc32)[C@H](O)[C@@H]1O. The lowest BCUT2D eigenvalue weighted by Gasteiger charge is -2.27. The molecule has 0 spiro atoms. The zero-order valence-electron chi connectivity index (χ0n) is 19.6. The second kappa shape index (κ2) is 8.24. The number of hydrogen-bond donors (Lipinski definition) is 4. The molecule has 2 aliphatic rings. The Morgan fingerprint density at radius 3 is 2.88 bits per heavy atom. The van der Waals surface area contributed by atoms with Gasteiger partial charge in [-0.05, 0) is 25.3 Å². The molecule has 1 aliphatic carbocycles. The molecule has 1 saturated carbocycles. The van der Waals surface area contributed by atoms with Gasteiger partial charge in [-0.3, -0.25) is 14.3 Å². The Balaban J connectivity index is 1.54. The predicted octanol–water partition coefficient (Wildman–Crippen LogP) is 0.871. The molecule has 1 saturated heterocycles. The van der Waals surface area contributed by atoms with Crippen LogP contribution in [0.25, 0.3) is 22.6 Å². The summed E-state index contributed by atoms with van der Waals surface area (Å²) in [6.45, 7) is -2.78. The van der Waals surface area contributed by atoms with Gasteiger partial charge in [-0.2, -0.15) is 0 Å². The number of anilines is 1. The van der Waals surface area contributed by atoms with Gasteiger partial charge in [-0.25, -0.2) is 15.0 Å². The van der Waals surface area contributed by atoms with E-state index in [1.165, 1.54) is 17.1 Å². The van der Waals surface area contributed by atoms with Gasteiger partial charge in [0.25, 0.3) is 5.91 Å². The summed E-state index contributed by atoms with van der Waals surface area (Å²) in [5.74, 6) is -0.310. The van der Waals surface area contributed by atoms with E-state index in [0.717, 1.165) is 19.3 Å². The van der Waals surface area contributed by atoms with E-state index in [0.29, 0.717) is 27.7 Å². The third kappa shape index (κ3) is 3.56. The molecule has 12 heteroatoms. The van der Waals surface area contributed by atoms with Gasteiger partial charge in [-0.15, -0.1) is 0 Å². The highest BCUT2D eigenvalue weighted by atomic mass is 35.5. The van der Waals surface area contributed by atoms with Gasteiger partial charge in [0, 0.05) is 35.1 Å². The molecule has 168 valence electrons. The number of carbonyl (C=O) groups excluding carboxylic acids is 1. The van der Waals surface area contributed by atoms with Crippen LogP contribution in [0.3, 0.4) is 0 Å². The standard InChI is InChI=1S/C20H22ClN7O4/c1-22-19(31)15-13(29)14(30)20(32-15)28-8-24-12-17(25-11-3-2-4-11)26-16(27-18(12)28)9-5-10(21)7-23-6-9/h5-8,11,13-15,20,29-30H,2-4H2,1H3,(H,22,31)(H,25,26,27)/t13-,14+,15-,20+/m0/s1/i1D3. The number of amides is 1. The molecule has 1 amide bonds. The first-order valence-corrected chi connectivity index (χ1v) is 10.4. The molecule has 5 rings (SSSR count). The van der Waals surface area contributed by atoms with Crippen LogP contribution >= 0.6 is 11.6 Å². The number of nitrogens with one attached hydrogen (secondary N) is 2. The van der Waals surface area contributed by atoms with Crippen LogP contribution in [-0.4, -0.2) is 72.0 Å². The molecule has 0 radical (unpaired) electrons. The molecule has 3 aromatic heterocycles. The van der Waals surface area contributed by atoms with Crippen LogP contribution in [-0.2, 0) is 9.53 Å². The summed E-state index contributed by atoms with van der Waals surface area (Å²) in [6, 6.07) is 1.88. The van der Waals surface area contributed by atoms with Gasteiger partial charge in [0.15, 0.2) is 35.1 Å². The fraction of sp³-hybridized carbons (Fsp3) is 0.450. The van der Waals surface area contributed by atoms with E-state index in [4.69, 9.17) is 20.5 Å². The number of ether oxygens (including phenoxy) is 1. The molecule has 0 aromatic carbocycles. The van der Waals surface area contributed by atoms with Crippen molar-refractivity contribution in [3.63, 3.8) is 0 Å². The smallest absolute Gasteiger partial charge is 0.251 e. The van der Waals surface area contributed by atoms with E-state index in [9.17, 15) is 15.0 Å². The summed E-state index contributed by atoms with van der Waals surface area (Å²) < 4.78 is 28.6. The van der Waals surface area contributed by atoms with Crippen molar-refractivity contribution in [2.24, 2.45) is 0 Å². The molecule has 32 heavy (non-hydrogen) atoms. The predicted molar refractivity (Wildman–Crippen MR) is 115 cm³/mol. The van der Waals surface area contributed by atoms with E-state index >= 15 is 0 Å². The number of pyridine rings is 1. The second-order valence-corrected chi connectivity index (χ2v) is 8.24. The number of aliphatic hydroxyl groups is 2. The van der Waals surface area contributed by atoms with Crippen LogP contribution in [0.15, 0.2) is 24.8 Å². The minimum atomic E-state index is -2.78. The fourth-order valence-electron chi connectivity index (χ4n) is 3.79. The van der Waals surface area contributed by atoms with Gasteiger partial charge in [0.2, 0.25) is 0 Å². The summed E-state index contributed by atoms with van der Waals surface area (Å²) in [4.78, 5) is 30.0. The van der Waals surface area contributed by atoms with Crippen LogP contribution in [0.5, 0.6) is 0 Å². The topological polar surface area (TPSA) is 147 Å². The largest absolute Gasteiger partial charge is 0.387 e. The number of aromatic nitrogens is 5. The minimum absolute atomic E-state index is 0.228. The van der Waals surface area contributed by atoms with Crippen molar-refractivity contribution >= 4 is 34.5 Å². The van der Waals surface area contributed by atoms with Crippen LogP contribution in [0.4, 0.5) is 5.82 Å². The molecule has 2 fully saturated rings. The normalized spacial score (nSPS) is 27.4. The zero-order valence-corrected chi connectivity index (χ0v) is 17.4. The molecular formula is C20H22ClN7O4. The lowest BCUT2D eigenvalue weighted by Crippen LogP contribution is -2.41. The molecule has 4 N–H and O–H groups in total. The number of rotatable bonds is 5. The van der Waals surface area contributed by atoms with E-state index < -0.39 is 37.4 Å². The molecule has 3 aromatic rings. The molecule has 0 bridgehead atoms. The first kappa shape index (κ1) is 17.7. The fourth-order valence-corrected chi connectivity index (χ4v) is 3.96. The quantitative estimate of drug-likeness (QED) is 0.433. The van der Waals surface area contributed by atoms with Crippen LogP contribution in [0, 0.1) is 0 Å². The number of aliphatic hydroxyl groups excluding tert-OH is 2. The van der Waals surface area contributed by atoms with Crippen LogP contribution in [0.1, 0.15) is 29.6 Å². The van der Waals surface area contributed by atoms with Crippen molar-refractivity contribution in [3.05, 3.63) is 29.8 Å². The number of fused-ring (bicyclic) bond motifs is 1. The molecule has 4 atom stereocenters. The first-order valence-electron chi connectivity index (χ1n) is 11.6. The van der Waals surface area contributed by atoms with Gasteiger partial charge < -0.3 is 25.6 Å². The van der Waals surface area contributed by atoms with Crippen molar-refractivity contribution in [1.82, 2.24) is 29.8 Å². The van der Waals surface area contributed by atoms with Crippen LogP contribution < -0.4 is 10.6 Å². The number of halogens is 1. The maximum atomic E-state index is 12.3. The van der Waals surface area contributed by atoms with E-state index in [2.05, 4.69) is 25.3 Å². The van der Waals surface area contributed by atoms with E-state index in [1.54, 1.807) is 17.6 Å². The highest BCUT2D eigenvalue weighted by Gasteiger charge is 2.47. The number of nitrogens with zero attached hydrogens (tertiary/aromatic N) is 5. The van der Waals surface area contributed by atoms with Crippen molar-refractivity contribution in [1.29, 1.82) is 0 Å². The van der Waals surface area contributed by atoms with Gasteiger partial charge in [0.1, 0.15) is 12.2 Å². The average molecular weight is 463 g/mol. The van der Waals surface area contributed by atoms with Crippen molar-refractivity contribution in [2.75, 3.05) is 12.3 Å². The Morgan fingerprint density at radius 2 is 2.16 bits per heavy atom. The van der Waals surface area contributed by atoms with Gasteiger partial charge in [-0.1, -0.05) is 11.6 Å². The maximum absolute atomic E-state index is 12.3. The Kier molecular flexibility index (Phi) is 4.55. The average Bonchev–Trinajstić information content (AvgIpc) is 3.30. The highest BCUT2D eigenvalue weighted by Crippen LogP contribution is 2.34. The lowest BCUT2D eigenvalue weighted by molar-refractivity contribution is -0.137. The van der Waals surface area contributed by atoms with Gasteiger partial charge in [0.05, 0.1) is 11.3 Å². The van der Waals surface area contributed by atoms with Crippen molar-refractivity contribution in [2.45, 2.75) is 49.8 Å². The van der Waals surface area contributed by atoms with E-state index in [1.807, 2.05) is 0 Å². The Hall–Kier alpha value is -2.86. The zero-order chi connectivity index (χ0) is 24.9. The molecule has 0 unspecified atom stereocenters. The maximum Gasteiger partial charge on any atom is 0.251 e. The third-order valence-corrected chi connectivity index (χ3v) is 5.93. The van der Waals surface area contributed by atoms with Crippen molar-refractivity contribution in [3.8, 4) is 11.4 Å². The van der Waals surface area contributed by atoms with Crippen molar-refractivity contribution < 1.29 is 23.9 Å². The Labute approximate surface area is 192 Å². The Morgan fingerprint density at radius 1 is 1.31 bits per heavy atom. The van der Waals surface area contributed by atoms with Gasteiger partial charge >= 0.3 is 0 Å². The number of carbonyl (C=O) groups is 1. The minimum Gasteiger partial charge on any atom is -0.387 e. The third-order valence-electron chi connectivity index (χ3n) is 5.72. The molecule has 1 aliphatic heterocycles. The lowest BCUT2D eigenvalue weighted by atomic mass is 9.93. The number of hydrogen-bond acceptors (Lipinski definition) is 9. The highest BCUT2D eigenvalue weighted by molar-refractivity contribution is 6.30. The summed E-state index contributed by atoms with van der Waals surface area (Å²) in [5.41, 5.74) is 1.22.